The van der Waals surface area contributed by atoms with Crippen LogP contribution in [-0.2, 0) is 25.5 Å². The molecule has 2 fully saturated rings. The number of esters is 1. The normalized spacial score (nSPS) is 22.4. The van der Waals surface area contributed by atoms with Crippen molar-refractivity contribution < 1.29 is 23.5 Å². The van der Waals surface area contributed by atoms with Gasteiger partial charge in [-0.2, -0.15) is 0 Å². The molecule has 0 spiro atoms. The second kappa shape index (κ2) is 11.7. The molecular formula is C30H33N3O5S. The molecule has 1 aromatic heterocycles. The van der Waals surface area contributed by atoms with Crippen LogP contribution in [0.3, 0.4) is 0 Å². The average molecular weight is 548 g/mol. The first-order valence-electron chi connectivity index (χ1n) is 13.3. The summed E-state index contributed by atoms with van der Waals surface area (Å²) in [6.45, 7) is 5.49. The van der Waals surface area contributed by atoms with Gasteiger partial charge in [0.2, 0.25) is 11.8 Å². The van der Waals surface area contributed by atoms with Gasteiger partial charge >= 0.3 is 5.97 Å². The summed E-state index contributed by atoms with van der Waals surface area (Å²) >= 11 is 1.51. The van der Waals surface area contributed by atoms with Crippen molar-refractivity contribution in [2.45, 2.75) is 43.3 Å². The van der Waals surface area contributed by atoms with E-state index < -0.39 is 17.7 Å². The van der Waals surface area contributed by atoms with Gasteiger partial charge < -0.3 is 19.4 Å². The minimum absolute atomic E-state index is 0.0736. The number of amides is 2. The molecule has 2 aromatic carbocycles. The number of thioether (sulfide) groups is 1. The Hall–Kier alpha value is -3.56. The van der Waals surface area contributed by atoms with Gasteiger partial charge in [0.15, 0.2) is 6.10 Å². The van der Waals surface area contributed by atoms with Crippen LogP contribution in [0.1, 0.15) is 36.8 Å². The fourth-order valence-corrected chi connectivity index (χ4v) is 7.00. The summed E-state index contributed by atoms with van der Waals surface area (Å²) in [6, 6.07) is 22.2. The Labute approximate surface area is 232 Å². The van der Waals surface area contributed by atoms with E-state index in [1.807, 2.05) is 74.5 Å². The molecule has 3 aromatic rings. The number of carbonyl (C=O) groups is 3. The van der Waals surface area contributed by atoms with Crippen LogP contribution in [0.2, 0.25) is 0 Å². The fourth-order valence-electron chi connectivity index (χ4n) is 5.43. The number of nitrogens with one attached hydrogen (secondary N) is 1. The smallest absolute Gasteiger partial charge is 0.330 e. The number of benzene rings is 2. The quantitative estimate of drug-likeness (QED) is 0.306. The number of likely N-dealkylation sites (N-methyl/N-ethyl adjacent to an activating group) is 1. The van der Waals surface area contributed by atoms with E-state index in [1.165, 1.54) is 18.0 Å². The van der Waals surface area contributed by atoms with E-state index in [1.54, 1.807) is 17.0 Å². The van der Waals surface area contributed by atoms with E-state index in [-0.39, 0.29) is 36.1 Å². The Balaban J connectivity index is 1.35. The Morgan fingerprint density at radius 3 is 2.26 bits per heavy atom. The van der Waals surface area contributed by atoms with Crippen LogP contribution in [0.15, 0.2) is 83.5 Å². The Morgan fingerprint density at radius 1 is 1.05 bits per heavy atom. The molecule has 3 atom stereocenters. The largest absolute Gasteiger partial charge is 0.469 e. The predicted molar refractivity (Wildman–Crippen MR) is 149 cm³/mol. The first-order valence-corrected chi connectivity index (χ1v) is 14.3. The molecule has 3 heterocycles. The van der Waals surface area contributed by atoms with Crippen LogP contribution >= 0.6 is 11.8 Å². The summed E-state index contributed by atoms with van der Waals surface area (Å²) in [5.74, 6) is 0.183. The molecule has 2 aliphatic heterocycles. The SMILES string of the molecule is CCN(CC)C1(C(=O)OC(c2ccccc2)c2ccccc2)CS[C@@H]2C(NC(=O)Cc3ccco3)C(=O)N2C1. The topological polar surface area (TPSA) is 92.1 Å². The van der Waals surface area contributed by atoms with Gasteiger partial charge in [-0.25, -0.2) is 4.79 Å². The van der Waals surface area contributed by atoms with Crippen molar-refractivity contribution in [3.05, 3.63) is 95.9 Å². The van der Waals surface area contributed by atoms with Crippen molar-refractivity contribution >= 4 is 29.5 Å². The van der Waals surface area contributed by atoms with Crippen LogP contribution in [0.25, 0.3) is 0 Å². The molecular weight excluding hydrogens is 514 g/mol. The van der Waals surface area contributed by atoms with Gasteiger partial charge in [0, 0.05) is 5.75 Å². The van der Waals surface area contributed by atoms with Gasteiger partial charge in [-0.1, -0.05) is 74.5 Å². The molecule has 5 rings (SSSR count). The standard InChI is InChI=1S/C30H33N3O5S/c1-3-32(4-2)30(29(36)38-26(21-12-7-5-8-13-21)22-14-9-6-10-15-22)19-33-27(35)25(28(33)39-20-30)31-24(34)18-23-16-11-17-37-23/h5-17,25-26,28H,3-4,18-20H2,1-2H3,(H,31,34)/t25?,28-,30?/m1/s1. The fraction of sp³-hybridized carbons (Fsp3) is 0.367. The molecule has 2 aliphatic rings. The molecule has 0 radical (unpaired) electrons. The van der Waals surface area contributed by atoms with Gasteiger partial charge in [0.05, 0.1) is 19.2 Å². The average Bonchev–Trinajstić information content (AvgIpc) is 3.49. The molecule has 0 bridgehead atoms. The zero-order valence-corrected chi connectivity index (χ0v) is 22.9. The molecule has 2 amide bonds. The van der Waals surface area contributed by atoms with Crippen molar-refractivity contribution in [1.82, 2.24) is 15.1 Å². The third-order valence-electron chi connectivity index (χ3n) is 7.48. The van der Waals surface area contributed by atoms with E-state index in [4.69, 9.17) is 9.15 Å². The summed E-state index contributed by atoms with van der Waals surface area (Å²) in [4.78, 5) is 43.7. The van der Waals surface area contributed by atoms with Crippen LogP contribution in [0.5, 0.6) is 0 Å². The lowest BCUT2D eigenvalue weighted by Gasteiger charge is -2.56. The zero-order valence-electron chi connectivity index (χ0n) is 22.1. The number of furan rings is 1. The molecule has 9 heteroatoms. The first kappa shape index (κ1) is 27.0. The second-order valence-electron chi connectivity index (χ2n) is 9.78. The van der Waals surface area contributed by atoms with Crippen molar-refractivity contribution in [1.29, 1.82) is 0 Å². The Bertz CT molecular complexity index is 1240. The number of carbonyl (C=O) groups excluding carboxylic acids is 3. The van der Waals surface area contributed by atoms with Gasteiger partial charge in [0.25, 0.3) is 0 Å². The van der Waals surface area contributed by atoms with Crippen LogP contribution in [0.4, 0.5) is 0 Å². The van der Waals surface area contributed by atoms with E-state index >= 15 is 0 Å². The Morgan fingerprint density at radius 2 is 1.69 bits per heavy atom. The molecule has 2 unspecified atom stereocenters. The van der Waals surface area contributed by atoms with Gasteiger partial charge in [-0.05, 0) is 36.3 Å². The highest BCUT2D eigenvalue weighted by atomic mass is 32.2. The van der Waals surface area contributed by atoms with Crippen molar-refractivity contribution in [3.8, 4) is 0 Å². The minimum atomic E-state index is -1.01. The van der Waals surface area contributed by atoms with Crippen molar-refractivity contribution in [3.63, 3.8) is 0 Å². The van der Waals surface area contributed by atoms with Gasteiger partial charge in [-0.15, -0.1) is 11.8 Å². The summed E-state index contributed by atoms with van der Waals surface area (Å²) in [7, 11) is 0. The van der Waals surface area contributed by atoms with Gasteiger partial charge in [0.1, 0.15) is 22.7 Å². The maximum Gasteiger partial charge on any atom is 0.330 e. The molecule has 2 saturated heterocycles. The maximum absolute atomic E-state index is 14.2. The molecule has 0 aliphatic carbocycles. The Kier molecular flexibility index (Phi) is 8.09. The van der Waals surface area contributed by atoms with E-state index in [2.05, 4.69) is 10.2 Å². The molecule has 1 N–H and O–H groups in total. The zero-order chi connectivity index (χ0) is 27.4. The monoisotopic (exact) mass is 547 g/mol. The molecule has 204 valence electrons. The second-order valence-corrected chi connectivity index (χ2v) is 10.9. The maximum atomic E-state index is 14.2. The lowest BCUT2D eigenvalue weighted by Crippen LogP contribution is -2.77. The number of fused-ring (bicyclic) bond motifs is 1. The van der Waals surface area contributed by atoms with E-state index in [0.29, 0.717) is 24.6 Å². The third kappa shape index (κ3) is 5.33. The van der Waals surface area contributed by atoms with Gasteiger partial charge in [-0.3, -0.25) is 14.5 Å². The summed E-state index contributed by atoms with van der Waals surface area (Å²) < 4.78 is 11.6. The number of hydrogen-bond acceptors (Lipinski definition) is 7. The van der Waals surface area contributed by atoms with E-state index in [9.17, 15) is 14.4 Å². The van der Waals surface area contributed by atoms with Crippen LogP contribution < -0.4 is 5.32 Å². The highest BCUT2D eigenvalue weighted by Crippen LogP contribution is 2.42. The van der Waals surface area contributed by atoms with Crippen molar-refractivity contribution in [2.24, 2.45) is 0 Å². The lowest BCUT2D eigenvalue weighted by atomic mass is 9.93. The number of β-lactam (4-membered cyclic amide) rings is 1. The molecule has 0 saturated carbocycles. The summed E-state index contributed by atoms with van der Waals surface area (Å²) in [6.07, 6.45) is 1.02. The number of hydrogen-bond donors (Lipinski definition) is 1. The third-order valence-corrected chi connectivity index (χ3v) is 8.99. The lowest BCUT2D eigenvalue weighted by molar-refractivity contribution is -0.168. The summed E-state index contributed by atoms with van der Waals surface area (Å²) in [5.41, 5.74) is 0.755. The molecule has 8 nitrogen and oxygen atoms in total. The number of rotatable bonds is 10. The minimum Gasteiger partial charge on any atom is -0.469 e. The number of nitrogens with zero attached hydrogens (tertiary/aromatic N) is 2. The number of ether oxygens (including phenoxy) is 1. The summed E-state index contributed by atoms with van der Waals surface area (Å²) in [5, 5.41) is 2.62. The van der Waals surface area contributed by atoms with Crippen LogP contribution in [0, 0.1) is 0 Å². The van der Waals surface area contributed by atoms with Crippen LogP contribution in [-0.4, -0.2) is 69.9 Å². The predicted octanol–water partition coefficient (Wildman–Crippen LogP) is 3.64. The highest BCUT2D eigenvalue weighted by Gasteiger charge is 2.59. The first-order chi connectivity index (χ1) is 19.0. The highest BCUT2D eigenvalue weighted by molar-refractivity contribution is 8.00. The van der Waals surface area contributed by atoms with E-state index in [0.717, 1.165) is 11.1 Å². The molecule has 39 heavy (non-hydrogen) atoms. The van der Waals surface area contributed by atoms with Crippen molar-refractivity contribution in [2.75, 3.05) is 25.4 Å².